The lowest BCUT2D eigenvalue weighted by Crippen LogP contribution is -2.43. The van der Waals surface area contributed by atoms with Crippen molar-refractivity contribution in [1.82, 2.24) is 4.90 Å². The van der Waals surface area contributed by atoms with Gasteiger partial charge in [0, 0.05) is 18.1 Å². The van der Waals surface area contributed by atoms with Gasteiger partial charge in [0.05, 0.1) is 11.7 Å². The number of carbonyl (C=O) groups excluding carboxylic acids is 1. The second-order valence-corrected chi connectivity index (χ2v) is 6.63. The summed E-state index contributed by atoms with van der Waals surface area (Å²) in [4.78, 5) is 14.9. The molecule has 3 rings (SSSR count). The van der Waals surface area contributed by atoms with Gasteiger partial charge in [0.15, 0.2) is 0 Å². The second-order valence-electron chi connectivity index (χ2n) is 6.63. The van der Waals surface area contributed by atoms with Crippen LogP contribution in [0.1, 0.15) is 51.6 Å². The molecule has 0 spiro atoms. The van der Waals surface area contributed by atoms with Gasteiger partial charge in [0.1, 0.15) is 0 Å². The lowest BCUT2D eigenvalue weighted by Gasteiger charge is -2.39. The number of benzene rings is 1. The van der Waals surface area contributed by atoms with Gasteiger partial charge in [-0.3, -0.25) is 4.90 Å². The Balaban J connectivity index is 1.82. The molecular formula is C19H25NO2. The smallest absolute Gasteiger partial charge is 0.335 e. The summed E-state index contributed by atoms with van der Waals surface area (Å²) < 4.78 is 5.44. The van der Waals surface area contributed by atoms with E-state index in [4.69, 9.17) is 4.74 Å². The zero-order valence-corrected chi connectivity index (χ0v) is 13.7. The average molecular weight is 299 g/mol. The van der Waals surface area contributed by atoms with Crippen LogP contribution in [0.15, 0.2) is 42.0 Å². The highest BCUT2D eigenvalue weighted by Crippen LogP contribution is 2.41. The summed E-state index contributed by atoms with van der Waals surface area (Å²) in [6.07, 6.45) is 5.22. The van der Waals surface area contributed by atoms with E-state index in [1.54, 1.807) is 0 Å². The molecule has 22 heavy (non-hydrogen) atoms. The van der Waals surface area contributed by atoms with Crippen LogP contribution in [-0.4, -0.2) is 29.1 Å². The Labute approximate surface area is 133 Å². The molecule has 0 amide bonds. The Morgan fingerprint density at radius 3 is 2.59 bits per heavy atom. The summed E-state index contributed by atoms with van der Waals surface area (Å²) >= 11 is 0. The Hall–Kier alpha value is -1.61. The first-order valence-corrected chi connectivity index (χ1v) is 8.31. The number of ether oxygens (including phenoxy) is 1. The monoisotopic (exact) mass is 299 g/mol. The SMILES string of the molecule is CC(C)OC(=O)C1=CCC2CCC1N2[C@H](C)c1ccccc1. The van der Waals surface area contributed by atoms with Crippen LogP contribution in [-0.2, 0) is 9.53 Å². The third-order valence-electron chi connectivity index (χ3n) is 4.83. The van der Waals surface area contributed by atoms with Crippen molar-refractivity contribution in [2.45, 2.75) is 64.3 Å². The van der Waals surface area contributed by atoms with Gasteiger partial charge in [0.25, 0.3) is 0 Å². The molecule has 2 bridgehead atoms. The van der Waals surface area contributed by atoms with E-state index in [0.717, 1.165) is 24.8 Å². The van der Waals surface area contributed by atoms with Crippen molar-refractivity contribution in [2.75, 3.05) is 0 Å². The maximum atomic E-state index is 12.4. The number of hydrogen-bond acceptors (Lipinski definition) is 3. The number of fused-ring (bicyclic) bond motifs is 2. The Morgan fingerprint density at radius 1 is 1.18 bits per heavy atom. The van der Waals surface area contributed by atoms with Crippen LogP contribution < -0.4 is 0 Å². The molecule has 0 aliphatic carbocycles. The van der Waals surface area contributed by atoms with Gasteiger partial charge in [-0.1, -0.05) is 36.4 Å². The zero-order valence-electron chi connectivity index (χ0n) is 13.7. The van der Waals surface area contributed by atoms with Crippen LogP contribution in [0, 0.1) is 0 Å². The van der Waals surface area contributed by atoms with Gasteiger partial charge < -0.3 is 4.74 Å². The molecule has 0 aromatic heterocycles. The molecule has 0 saturated carbocycles. The predicted octanol–water partition coefficient (Wildman–Crippen LogP) is 3.86. The van der Waals surface area contributed by atoms with Crippen molar-refractivity contribution < 1.29 is 9.53 Å². The fourth-order valence-electron chi connectivity index (χ4n) is 3.85. The van der Waals surface area contributed by atoms with Gasteiger partial charge in [0.2, 0.25) is 0 Å². The molecule has 1 fully saturated rings. The van der Waals surface area contributed by atoms with E-state index in [1.807, 2.05) is 19.9 Å². The summed E-state index contributed by atoms with van der Waals surface area (Å²) in [5.74, 6) is -0.134. The topological polar surface area (TPSA) is 29.5 Å². The van der Waals surface area contributed by atoms with Crippen molar-refractivity contribution in [1.29, 1.82) is 0 Å². The third kappa shape index (κ3) is 2.82. The largest absolute Gasteiger partial charge is 0.460 e. The molecule has 2 aliphatic heterocycles. The molecule has 2 unspecified atom stereocenters. The van der Waals surface area contributed by atoms with Crippen molar-refractivity contribution in [3.05, 3.63) is 47.5 Å². The zero-order chi connectivity index (χ0) is 15.7. The Bertz CT molecular complexity index is 564. The summed E-state index contributed by atoms with van der Waals surface area (Å²) in [6.45, 7) is 6.06. The summed E-state index contributed by atoms with van der Waals surface area (Å²) in [5.41, 5.74) is 2.18. The van der Waals surface area contributed by atoms with Gasteiger partial charge in [-0.2, -0.15) is 0 Å². The quantitative estimate of drug-likeness (QED) is 0.791. The minimum absolute atomic E-state index is 0.0625. The van der Waals surface area contributed by atoms with E-state index in [1.165, 1.54) is 5.56 Å². The summed E-state index contributed by atoms with van der Waals surface area (Å²) in [6, 6.07) is 11.7. The number of rotatable bonds is 4. The van der Waals surface area contributed by atoms with Crippen molar-refractivity contribution in [3.63, 3.8) is 0 Å². The van der Waals surface area contributed by atoms with Gasteiger partial charge in [-0.05, 0) is 45.6 Å². The molecule has 2 heterocycles. The second kappa shape index (κ2) is 6.25. The molecule has 1 aromatic rings. The van der Waals surface area contributed by atoms with Crippen molar-refractivity contribution >= 4 is 5.97 Å². The van der Waals surface area contributed by atoms with E-state index in [-0.39, 0.29) is 18.1 Å². The molecule has 3 atom stereocenters. The van der Waals surface area contributed by atoms with Gasteiger partial charge in [-0.15, -0.1) is 0 Å². The van der Waals surface area contributed by atoms with Crippen molar-refractivity contribution in [2.24, 2.45) is 0 Å². The highest BCUT2D eigenvalue weighted by molar-refractivity contribution is 5.90. The predicted molar refractivity (Wildman–Crippen MR) is 87.4 cm³/mol. The van der Waals surface area contributed by atoms with Crippen LogP contribution in [0.4, 0.5) is 0 Å². The molecular weight excluding hydrogens is 274 g/mol. The Morgan fingerprint density at radius 2 is 1.91 bits per heavy atom. The van der Waals surface area contributed by atoms with Crippen LogP contribution in [0.2, 0.25) is 0 Å². The minimum Gasteiger partial charge on any atom is -0.460 e. The molecule has 3 heteroatoms. The summed E-state index contributed by atoms with van der Waals surface area (Å²) in [5, 5.41) is 0. The standard InChI is InChI=1S/C19H25NO2/c1-13(2)22-19(21)17-11-9-16-10-12-18(17)20(16)14(3)15-7-5-4-6-8-15/h4-8,11,13-14,16,18H,9-10,12H2,1-3H3/t14-,16?,18?/m1/s1. The third-order valence-corrected chi connectivity index (χ3v) is 4.83. The molecule has 0 radical (unpaired) electrons. The number of hydrogen-bond donors (Lipinski definition) is 0. The first-order chi connectivity index (χ1) is 10.6. The van der Waals surface area contributed by atoms with Crippen LogP contribution in [0.5, 0.6) is 0 Å². The van der Waals surface area contributed by atoms with E-state index in [0.29, 0.717) is 12.1 Å². The lowest BCUT2D eigenvalue weighted by atomic mass is 9.96. The van der Waals surface area contributed by atoms with E-state index in [9.17, 15) is 4.79 Å². The normalized spacial score (nSPS) is 25.9. The molecule has 2 aliphatic rings. The van der Waals surface area contributed by atoms with Crippen LogP contribution >= 0.6 is 0 Å². The molecule has 0 N–H and O–H groups in total. The van der Waals surface area contributed by atoms with E-state index < -0.39 is 0 Å². The lowest BCUT2D eigenvalue weighted by molar-refractivity contribution is -0.143. The van der Waals surface area contributed by atoms with Crippen LogP contribution in [0.25, 0.3) is 0 Å². The fraction of sp³-hybridized carbons (Fsp3) is 0.526. The summed E-state index contributed by atoms with van der Waals surface area (Å²) in [7, 11) is 0. The molecule has 118 valence electrons. The molecule has 1 saturated heterocycles. The first-order valence-electron chi connectivity index (χ1n) is 8.31. The van der Waals surface area contributed by atoms with Crippen LogP contribution in [0.3, 0.4) is 0 Å². The highest BCUT2D eigenvalue weighted by atomic mass is 16.5. The van der Waals surface area contributed by atoms with E-state index >= 15 is 0 Å². The first kappa shape index (κ1) is 15.3. The van der Waals surface area contributed by atoms with Gasteiger partial charge >= 0.3 is 5.97 Å². The molecule has 3 nitrogen and oxygen atoms in total. The molecule has 1 aromatic carbocycles. The maximum Gasteiger partial charge on any atom is 0.335 e. The average Bonchev–Trinajstić information content (AvgIpc) is 2.79. The Kier molecular flexibility index (Phi) is 4.34. The number of esters is 1. The maximum absolute atomic E-state index is 12.4. The highest BCUT2D eigenvalue weighted by Gasteiger charge is 2.43. The van der Waals surface area contributed by atoms with E-state index in [2.05, 4.69) is 42.2 Å². The fourth-order valence-corrected chi connectivity index (χ4v) is 3.85. The van der Waals surface area contributed by atoms with Crippen molar-refractivity contribution in [3.8, 4) is 0 Å². The number of carbonyl (C=O) groups is 1. The number of nitrogens with zero attached hydrogens (tertiary/aromatic N) is 1. The van der Waals surface area contributed by atoms with Gasteiger partial charge in [-0.25, -0.2) is 4.79 Å². The minimum atomic E-state index is -0.134.